The molecule has 1 aromatic rings. The maximum absolute atomic E-state index is 11.7. The smallest absolute Gasteiger partial charge is 0.308 e. The van der Waals surface area contributed by atoms with E-state index in [4.69, 9.17) is 14.2 Å². The number of esters is 1. The van der Waals surface area contributed by atoms with E-state index in [9.17, 15) is 4.79 Å². The van der Waals surface area contributed by atoms with E-state index in [1.165, 1.54) is 7.11 Å². The number of benzene rings is 1. The lowest BCUT2D eigenvalue weighted by atomic mass is 9.98. The van der Waals surface area contributed by atoms with Gasteiger partial charge in [-0.15, -0.1) is 0 Å². The van der Waals surface area contributed by atoms with Gasteiger partial charge in [0.15, 0.2) is 0 Å². The highest BCUT2D eigenvalue weighted by Gasteiger charge is 2.28. The molecule has 2 rings (SSSR count). The fourth-order valence-corrected chi connectivity index (χ4v) is 3.10. The number of hydrogen-bond acceptors (Lipinski definition) is 5. The predicted octanol–water partition coefficient (Wildman–Crippen LogP) is 4.35. The zero-order chi connectivity index (χ0) is 18.2. The summed E-state index contributed by atoms with van der Waals surface area (Å²) in [7, 11) is 1.43. The third-order valence-corrected chi connectivity index (χ3v) is 5.06. The second-order valence-corrected chi connectivity index (χ2v) is 7.64. The van der Waals surface area contributed by atoms with Gasteiger partial charge in [0.2, 0.25) is 0 Å². The van der Waals surface area contributed by atoms with Crippen molar-refractivity contribution in [1.29, 1.82) is 0 Å². The second kappa shape index (κ2) is 10.1. The van der Waals surface area contributed by atoms with Crippen molar-refractivity contribution < 1.29 is 19.0 Å². The summed E-state index contributed by atoms with van der Waals surface area (Å²) < 4.78 is 17.4. The molecule has 0 aliphatic carbocycles. The Balaban J connectivity index is 1.91. The molecular weight excluding hydrogens is 386 g/mol. The molecule has 0 bridgehead atoms. The van der Waals surface area contributed by atoms with Gasteiger partial charge in [-0.25, -0.2) is 0 Å². The van der Waals surface area contributed by atoms with E-state index in [2.05, 4.69) is 41.2 Å². The average molecular weight is 414 g/mol. The van der Waals surface area contributed by atoms with E-state index >= 15 is 0 Å². The molecule has 140 valence electrons. The Morgan fingerprint density at radius 1 is 1.44 bits per heavy atom. The van der Waals surface area contributed by atoms with Crippen LogP contribution in [0.4, 0.5) is 5.69 Å². The van der Waals surface area contributed by atoms with E-state index in [0.717, 1.165) is 28.8 Å². The van der Waals surface area contributed by atoms with Gasteiger partial charge in [-0.1, -0.05) is 29.8 Å². The summed E-state index contributed by atoms with van der Waals surface area (Å²) in [6.45, 7) is 6.26. The van der Waals surface area contributed by atoms with Crippen molar-refractivity contribution in [1.82, 2.24) is 0 Å². The van der Waals surface area contributed by atoms with E-state index < -0.39 is 0 Å². The van der Waals surface area contributed by atoms with Crippen LogP contribution in [0.25, 0.3) is 0 Å². The van der Waals surface area contributed by atoms with Gasteiger partial charge in [0, 0.05) is 29.8 Å². The molecule has 0 aromatic heterocycles. The van der Waals surface area contributed by atoms with Crippen LogP contribution < -0.4 is 5.32 Å². The highest BCUT2D eigenvalue weighted by Crippen LogP contribution is 2.26. The van der Waals surface area contributed by atoms with Crippen molar-refractivity contribution >= 4 is 27.6 Å². The first-order chi connectivity index (χ1) is 12.0. The first-order valence-electron chi connectivity index (χ1n) is 8.81. The van der Waals surface area contributed by atoms with Crippen LogP contribution in [0.15, 0.2) is 22.7 Å². The van der Waals surface area contributed by atoms with Gasteiger partial charge < -0.3 is 19.5 Å². The number of methoxy groups -OCH3 is 1. The Bertz CT molecular complexity index is 564. The Kier molecular flexibility index (Phi) is 8.19. The fraction of sp³-hybridized carbons (Fsp3) is 0.632. The van der Waals surface area contributed by atoms with Gasteiger partial charge in [-0.3, -0.25) is 4.79 Å². The Morgan fingerprint density at radius 2 is 2.24 bits per heavy atom. The standard InChI is InChI=1S/C19H28BrNO4/c1-13(2)6-8-24-12-15-10-16(4-5-17(15)20)21-18-11-14(7-9-25-18)19(22)23-3/h4-5,10,13-14,18,21H,6-9,11-12H2,1-3H3. The van der Waals surface area contributed by atoms with Gasteiger partial charge in [0.1, 0.15) is 6.23 Å². The molecule has 1 saturated heterocycles. The van der Waals surface area contributed by atoms with Crippen LogP contribution in [0.1, 0.15) is 38.7 Å². The number of anilines is 1. The number of nitrogens with one attached hydrogen (secondary N) is 1. The molecule has 5 nitrogen and oxygen atoms in total. The second-order valence-electron chi connectivity index (χ2n) is 6.79. The minimum Gasteiger partial charge on any atom is -0.469 e. The van der Waals surface area contributed by atoms with E-state index in [1.54, 1.807) is 0 Å². The van der Waals surface area contributed by atoms with Crippen LogP contribution in [-0.4, -0.2) is 32.5 Å². The summed E-state index contributed by atoms with van der Waals surface area (Å²) in [6.07, 6.45) is 2.19. The largest absolute Gasteiger partial charge is 0.469 e. The lowest BCUT2D eigenvalue weighted by Crippen LogP contribution is -2.35. The number of hydrogen-bond donors (Lipinski definition) is 1. The molecule has 1 fully saturated rings. The number of carbonyl (C=O) groups is 1. The topological polar surface area (TPSA) is 56.8 Å². The summed E-state index contributed by atoms with van der Waals surface area (Å²) in [6, 6.07) is 6.06. The SMILES string of the molecule is COC(=O)C1CCOC(Nc2ccc(Br)c(COCCC(C)C)c2)C1. The lowest BCUT2D eigenvalue weighted by molar-refractivity contribution is -0.150. The van der Waals surface area contributed by atoms with Crippen molar-refractivity contribution in [2.24, 2.45) is 11.8 Å². The van der Waals surface area contributed by atoms with Gasteiger partial charge in [-0.05, 0) is 42.5 Å². The molecule has 1 aliphatic heterocycles. The van der Waals surface area contributed by atoms with Crippen LogP contribution in [0.5, 0.6) is 0 Å². The number of rotatable bonds is 8. The Hall–Kier alpha value is -1.11. The molecule has 6 heteroatoms. The third kappa shape index (κ3) is 6.60. The first kappa shape index (κ1) is 20.2. The summed E-state index contributed by atoms with van der Waals surface area (Å²) in [5, 5.41) is 3.36. The summed E-state index contributed by atoms with van der Waals surface area (Å²) in [5.41, 5.74) is 2.05. The molecule has 2 unspecified atom stereocenters. The van der Waals surface area contributed by atoms with Gasteiger partial charge >= 0.3 is 5.97 Å². The summed E-state index contributed by atoms with van der Waals surface area (Å²) in [5.74, 6) is 0.373. The molecule has 0 radical (unpaired) electrons. The van der Waals surface area contributed by atoms with Crippen molar-refractivity contribution in [3.8, 4) is 0 Å². The van der Waals surface area contributed by atoms with Crippen molar-refractivity contribution in [2.45, 2.75) is 45.9 Å². The van der Waals surface area contributed by atoms with Crippen LogP contribution in [0, 0.1) is 11.8 Å². The number of halogens is 1. The highest BCUT2D eigenvalue weighted by molar-refractivity contribution is 9.10. The first-order valence-corrected chi connectivity index (χ1v) is 9.61. The lowest BCUT2D eigenvalue weighted by Gasteiger charge is -2.29. The molecule has 0 amide bonds. The Morgan fingerprint density at radius 3 is 2.96 bits per heavy atom. The minimum atomic E-state index is -0.186. The van der Waals surface area contributed by atoms with Crippen molar-refractivity contribution in [3.63, 3.8) is 0 Å². The quantitative estimate of drug-likeness (QED) is 0.506. The molecule has 25 heavy (non-hydrogen) atoms. The monoisotopic (exact) mass is 413 g/mol. The van der Waals surface area contributed by atoms with E-state index in [0.29, 0.717) is 32.0 Å². The predicted molar refractivity (Wildman–Crippen MR) is 101 cm³/mol. The number of ether oxygens (including phenoxy) is 3. The van der Waals surface area contributed by atoms with Gasteiger partial charge in [-0.2, -0.15) is 0 Å². The van der Waals surface area contributed by atoms with Crippen LogP contribution in [0.3, 0.4) is 0 Å². The summed E-state index contributed by atoms with van der Waals surface area (Å²) in [4.78, 5) is 11.7. The molecular formula is C19H28BrNO4. The molecule has 1 heterocycles. The third-order valence-electron chi connectivity index (χ3n) is 4.29. The van der Waals surface area contributed by atoms with Gasteiger partial charge in [0.05, 0.1) is 19.6 Å². The van der Waals surface area contributed by atoms with Crippen molar-refractivity contribution in [3.05, 3.63) is 28.2 Å². The van der Waals surface area contributed by atoms with Crippen molar-refractivity contribution in [2.75, 3.05) is 25.6 Å². The van der Waals surface area contributed by atoms with E-state index in [-0.39, 0.29) is 18.1 Å². The molecule has 2 atom stereocenters. The molecule has 1 aromatic carbocycles. The molecule has 0 saturated carbocycles. The fourth-order valence-electron chi connectivity index (χ4n) is 2.74. The zero-order valence-corrected chi connectivity index (χ0v) is 16.8. The zero-order valence-electron chi connectivity index (χ0n) is 15.2. The highest BCUT2D eigenvalue weighted by atomic mass is 79.9. The maximum Gasteiger partial charge on any atom is 0.308 e. The normalized spacial score (nSPS) is 20.5. The summed E-state index contributed by atoms with van der Waals surface area (Å²) >= 11 is 3.57. The van der Waals surface area contributed by atoms with Crippen LogP contribution in [-0.2, 0) is 25.6 Å². The maximum atomic E-state index is 11.7. The average Bonchev–Trinajstić information content (AvgIpc) is 2.60. The minimum absolute atomic E-state index is 0.106. The number of carbonyl (C=O) groups excluding carboxylic acids is 1. The van der Waals surface area contributed by atoms with E-state index in [1.807, 2.05) is 12.1 Å². The molecule has 1 N–H and O–H groups in total. The van der Waals surface area contributed by atoms with Crippen LogP contribution in [0.2, 0.25) is 0 Å². The van der Waals surface area contributed by atoms with Gasteiger partial charge in [0.25, 0.3) is 0 Å². The molecule has 1 aliphatic rings. The molecule has 0 spiro atoms. The Labute approximate surface area is 158 Å². The van der Waals surface area contributed by atoms with Crippen LogP contribution >= 0.6 is 15.9 Å².